The smallest absolute Gasteiger partial charge is 0.150 e. The molecule has 0 saturated heterocycles. The van der Waals surface area contributed by atoms with E-state index >= 15 is 0 Å². The Kier molecular flexibility index (Phi) is 2.79. The third-order valence-electron chi connectivity index (χ3n) is 4.49. The molecule has 3 aromatic rings. The van der Waals surface area contributed by atoms with Crippen molar-refractivity contribution >= 4 is 43.4 Å². The molecule has 0 aromatic carbocycles. The molecule has 21 heavy (non-hydrogen) atoms. The van der Waals surface area contributed by atoms with Gasteiger partial charge in [0.25, 0.3) is 0 Å². The molecule has 0 unspecified atom stereocenters. The lowest BCUT2D eigenvalue weighted by Gasteiger charge is -2.32. The number of thiophene rings is 1. The van der Waals surface area contributed by atoms with Crippen molar-refractivity contribution in [1.29, 1.82) is 0 Å². The summed E-state index contributed by atoms with van der Waals surface area (Å²) in [7, 11) is 0. The van der Waals surface area contributed by atoms with Gasteiger partial charge in [-0.2, -0.15) is 0 Å². The Labute approximate surface area is 132 Å². The van der Waals surface area contributed by atoms with Gasteiger partial charge in [0.2, 0.25) is 0 Å². The van der Waals surface area contributed by atoms with Gasteiger partial charge in [0.15, 0.2) is 0 Å². The predicted molar refractivity (Wildman–Crippen MR) is 88.3 cm³/mol. The molecule has 1 aliphatic carbocycles. The zero-order valence-electron chi connectivity index (χ0n) is 12.3. The van der Waals surface area contributed by atoms with E-state index in [4.69, 9.17) is 16.6 Å². The van der Waals surface area contributed by atoms with Crippen LogP contribution in [0.15, 0.2) is 6.33 Å². The van der Waals surface area contributed by atoms with Crippen LogP contribution in [0.3, 0.4) is 0 Å². The molecule has 0 saturated carbocycles. The van der Waals surface area contributed by atoms with E-state index in [0.29, 0.717) is 10.6 Å². The standard InChI is InChI=1S/C16H16ClN3S/c1-8-9-4-5-16(2,3)6-10(9)11-12-13(21-15(11)20-8)14(17)19-7-18-12/h7H,4-6H2,1-3H3. The van der Waals surface area contributed by atoms with Gasteiger partial charge in [-0.15, -0.1) is 11.3 Å². The zero-order chi connectivity index (χ0) is 14.8. The van der Waals surface area contributed by atoms with Crippen molar-refractivity contribution in [3.8, 4) is 0 Å². The second-order valence-corrected chi connectivity index (χ2v) is 7.98. The molecular formula is C16H16ClN3S. The Balaban J connectivity index is 2.16. The van der Waals surface area contributed by atoms with Gasteiger partial charge in [-0.25, -0.2) is 15.0 Å². The number of aromatic nitrogens is 3. The van der Waals surface area contributed by atoms with Crippen LogP contribution >= 0.6 is 22.9 Å². The van der Waals surface area contributed by atoms with Crippen LogP contribution in [0.2, 0.25) is 5.15 Å². The lowest BCUT2D eigenvalue weighted by molar-refractivity contribution is 0.316. The molecule has 108 valence electrons. The maximum atomic E-state index is 6.24. The van der Waals surface area contributed by atoms with Crippen molar-refractivity contribution in [1.82, 2.24) is 15.0 Å². The number of fused-ring (bicyclic) bond motifs is 5. The van der Waals surface area contributed by atoms with Crippen LogP contribution < -0.4 is 0 Å². The van der Waals surface area contributed by atoms with Crippen LogP contribution in [-0.2, 0) is 12.8 Å². The molecule has 3 aromatic heterocycles. The second kappa shape index (κ2) is 4.37. The Morgan fingerprint density at radius 2 is 2.05 bits per heavy atom. The van der Waals surface area contributed by atoms with Crippen LogP contribution in [0, 0.1) is 12.3 Å². The first-order valence-electron chi connectivity index (χ1n) is 7.17. The van der Waals surface area contributed by atoms with Crippen molar-refractivity contribution in [2.75, 3.05) is 0 Å². The fraction of sp³-hybridized carbons (Fsp3) is 0.438. The number of halogens is 1. The van der Waals surface area contributed by atoms with Crippen LogP contribution in [0.1, 0.15) is 37.1 Å². The molecule has 0 aliphatic heterocycles. The number of hydrogen-bond acceptors (Lipinski definition) is 4. The summed E-state index contributed by atoms with van der Waals surface area (Å²) in [5.41, 5.74) is 5.30. The van der Waals surface area contributed by atoms with Gasteiger partial charge < -0.3 is 0 Å². The minimum absolute atomic E-state index is 0.332. The average molecular weight is 318 g/mol. The maximum absolute atomic E-state index is 6.24. The summed E-state index contributed by atoms with van der Waals surface area (Å²) >= 11 is 7.85. The summed E-state index contributed by atoms with van der Waals surface area (Å²) in [5, 5.41) is 1.73. The summed E-state index contributed by atoms with van der Waals surface area (Å²) in [6.07, 6.45) is 4.95. The zero-order valence-corrected chi connectivity index (χ0v) is 13.9. The average Bonchev–Trinajstić information content (AvgIpc) is 2.77. The summed E-state index contributed by atoms with van der Waals surface area (Å²) in [5.74, 6) is 0. The van der Waals surface area contributed by atoms with E-state index < -0.39 is 0 Å². The van der Waals surface area contributed by atoms with E-state index in [1.807, 2.05) is 0 Å². The summed E-state index contributed by atoms with van der Waals surface area (Å²) in [6.45, 7) is 6.80. The molecule has 0 amide bonds. The van der Waals surface area contributed by atoms with E-state index in [-0.39, 0.29) is 0 Å². The molecule has 0 fully saturated rings. The number of hydrogen-bond donors (Lipinski definition) is 0. The Hall–Kier alpha value is -1.26. The number of pyridine rings is 1. The van der Waals surface area contributed by atoms with Gasteiger partial charge in [-0.3, -0.25) is 0 Å². The van der Waals surface area contributed by atoms with E-state index in [0.717, 1.165) is 33.6 Å². The lowest BCUT2D eigenvalue weighted by Crippen LogP contribution is -2.23. The Morgan fingerprint density at radius 3 is 2.86 bits per heavy atom. The van der Waals surface area contributed by atoms with Crippen molar-refractivity contribution < 1.29 is 0 Å². The van der Waals surface area contributed by atoms with E-state index in [1.165, 1.54) is 22.9 Å². The number of aryl methyl sites for hydroxylation is 1. The fourth-order valence-electron chi connectivity index (χ4n) is 3.37. The molecule has 1 aliphatic rings. The molecular weight excluding hydrogens is 302 g/mol. The monoisotopic (exact) mass is 317 g/mol. The third kappa shape index (κ3) is 1.96. The predicted octanol–water partition coefficient (Wildman–Crippen LogP) is 4.72. The van der Waals surface area contributed by atoms with Gasteiger partial charge in [0, 0.05) is 11.1 Å². The second-order valence-electron chi connectivity index (χ2n) is 6.62. The van der Waals surface area contributed by atoms with Gasteiger partial charge >= 0.3 is 0 Å². The summed E-state index contributed by atoms with van der Waals surface area (Å²) in [6, 6.07) is 0. The van der Waals surface area contributed by atoms with Gasteiger partial charge in [-0.1, -0.05) is 25.4 Å². The Bertz CT molecular complexity index is 882. The first kappa shape index (κ1) is 13.4. The normalized spacial score (nSPS) is 17.3. The van der Waals surface area contributed by atoms with E-state index in [2.05, 4.69) is 30.7 Å². The van der Waals surface area contributed by atoms with Crippen molar-refractivity contribution in [2.45, 2.75) is 40.0 Å². The van der Waals surface area contributed by atoms with Crippen molar-refractivity contribution in [3.63, 3.8) is 0 Å². The van der Waals surface area contributed by atoms with Crippen LogP contribution in [0.4, 0.5) is 0 Å². The van der Waals surface area contributed by atoms with Crippen LogP contribution in [0.5, 0.6) is 0 Å². The highest BCUT2D eigenvalue weighted by Gasteiger charge is 2.30. The molecule has 0 spiro atoms. The van der Waals surface area contributed by atoms with Crippen molar-refractivity contribution in [3.05, 3.63) is 28.3 Å². The highest BCUT2D eigenvalue weighted by molar-refractivity contribution is 7.26. The SMILES string of the molecule is Cc1nc2sc3c(Cl)ncnc3c2c2c1CCC(C)(C)C2. The van der Waals surface area contributed by atoms with Crippen molar-refractivity contribution in [2.24, 2.45) is 5.41 Å². The molecule has 0 atom stereocenters. The van der Waals surface area contributed by atoms with Crippen LogP contribution in [0.25, 0.3) is 20.4 Å². The first-order chi connectivity index (χ1) is 9.96. The number of rotatable bonds is 0. The van der Waals surface area contributed by atoms with E-state index in [9.17, 15) is 0 Å². The highest BCUT2D eigenvalue weighted by atomic mass is 35.5. The topological polar surface area (TPSA) is 38.7 Å². The van der Waals surface area contributed by atoms with Gasteiger partial charge in [0.05, 0.1) is 10.2 Å². The minimum Gasteiger partial charge on any atom is -0.242 e. The molecule has 0 bridgehead atoms. The van der Waals surface area contributed by atoms with Gasteiger partial charge in [0.1, 0.15) is 16.3 Å². The largest absolute Gasteiger partial charge is 0.242 e. The van der Waals surface area contributed by atoms with E-state index in [1.54, 1.807) is 17.7 Å². The molecule has 4 rings (SSSR count). The molecule has 0 N–H and O–H groups in total. The first-order valence-corrected chi connectivity index (χ1v) is 8.37. The maximum Gasteiger partial charge on any atom is 0.150 e. The fourth-order valence-corrected chi connectivity index (χ4v) is 4.70. The van der Waals surface area contributed by atoms with Gasteiger partial charge in [-0.05, 0) is 42.7 Å². The summed E-state index contributed by atoms with van der Waals surface area (Å²) < 4.78 is 0.956. The molecule has 3 heterocycles. The Morgan fingerprint density at radius 1 is 1.24 bits per heavy atom. The van der Waals surface area contributed by atoms with Crippen LogP contribution in [-0.4, -0.2) is 15.0 Å². The molecule has 3 nitrogen and oxygen atoms in total. The molecule has 0 radical (unpaired) electrons. The molecule has 5 heteroatoms. The quantitative estimate of drug-likeness (QED) is 0.563. The number of nitrogens with zero attached hydrogens (tertiary/aromatic N) is 3. The third-order valence-corrected chi connectivity index (χ3v) is 5.97. The highest BCUT2D eigenvalue weighted by Crippen LogP contribution is 2.43. The summed E-state index contributed by atoms with van der Waals surface area (Å²) in [4.78, 5) is 14.4. The minimum atomic E-state index is 0.332. The lowest BCUT2D eigenvalue weighted by atomic mass is 9.73.